The van der Waals surface area contributed by atoms with Crippen LogP contribution in [-0.2, 0) is 14.3 Å². The molecule has 0 bridgehead atoms. The third-order valence-electron chi connectivity index (χ3n) is 3.84. The fourth-order valence-corrected chi connectivity index (χ4v) is 3.55. The molecule has 1 atom stereocenters. The van der Waals surface area contributed by atoms with Gasteiger partial charge in [-0.15, -0.1) is 11.3 Å². The number of nitrogens with zero attached hydrogens (tertiary/aromatic N) is 2. The van der Waals surface area contributed by atoms with Gasteiger partial charge in [0.15, 0.2) is 0 Å². The van der Waals surface area contributed by atoms with Crippen molar-refractivity contribution in [1.29, 1.82) is 0 Å². The van der Waals surface area contributed by atoms with E-state index in [4.69, 9.17) is 4.74 Å². The van der Waals surface area contributed by atoms with Gasteiger partial charge in [-0.1, -0.05) is 6.07 Å². The van der Waals surface area contributed by atoms with E-state index in [1.165, 1.54) is 35.7 Å². The lowest BCUT2D eigenvalue weighted by Gasteiger charge is -2.23. The number of ether oxygens (including phenoxy) is 1. The maximum absolute atomic E-state index is 12.5. The number of pyridine rings is 1. The number of carbonyl (C=O) groups is 2. The SMILES string of the molecule is COCCN1C(=O)C(=O)/C(=C(\O)c2ccncc2)C1c1cccs1. The van der Waals surface area contributed by atoms with E-state index in [0.717, 1.165) is 4.88 Å². The number of ketones is 1. The van der Waals surface area contributed by atoms with Crippen LogP contribution in [0, 0.1) is 0 Å². The predicted octanol–water partition coefficient (Wildman–Crippen LogP) is 2.21. The van der Waals surface area contributed by atoms with Crippen molar-refractivity contribution >= 4 is 28.8 Å². The molecule has 2 aromatic heterocycles. The molecule has 7 heteroatoms. The number of methoxy groups -OCH3 is 1. The summed E-state index contributed by atoms with van der Waals surface area (Å²) in [6.45, 7) is 0.584. The number of aromatic nitrogens is 1. The topological polar surface area (TPSA) is 79.7 Å². The van der Waals surface area contributed by atoms with E-state index in [1.54, 1.807) is 12.1 Å². The summed E-state index contributed by atoms with van der Waals surface area (Å²) in [4.78, 5) is 31.1. The molecule has 1 unspecified atom stereocenters. The first-order chi connectivity index (χ1) is 11.6. The molecule has 3 heterocycles. The number of amides is 1. The van der Waals surface area contributed by atoms with E-state index in [1.807, 2.05) is 17.5 Å². The van der Waals surface area contributed by atoms with E-state index >= 15 is 0 Å². The molecule has 1 fully saturated rings. The average Bonchev–Trinajstić information content (AvgIpc) is 3.21. The second kappa shape index (κ2) is 6.94. The smallest absolute Gasteiger partial charge is 0.295 e. The van der Waals surface area contributed by atoms with Crippen LogP contribution >= 0.6 is 11.3 Å². The van der Waals surface area contributed by atoms with Gasteiger partial charge in [-0.25, -0.2) is 0 Å². The van der Waals surface area contributed by atoms with Gasteiger partial charge in [-0.2, -0.15) is 0 Å². The van der Waals surface area contributed by atoms with Crippen LogP contribution in [0.3, 0.4) is 0 Å². The van der Waals surface area contributed by atoms with Crippen molar-refractivity contribution in [2.45, 2.75) is 6.04 Å². The number of rotatable bonds is 5. The van der Waals surface area contributed by atoms with Crippen LogP contribution in [0.1, 0.15) is 16.5 Å². The van der Waals surface area contributed by atoms with E-state index in [-0.39, 0.29) is 17.9 Å². The monoisotopic (exact) mass is 344 g/mol. The zero-order chi connectivity index (χ0) is 17.1. The number of aliphatic hydroxyl groups excluding tert-OH is 1. The van der Waals surface area contributed by atoms with Crippen molar-refractivity contribution in [3.63, 3.8) is 0 Å². The zero-order valence-corrected chi connectivity index (χ0v) is 13.8. The molecule has 0 aromatic carbocycles. The maximum atomic E-state index is 12.5. The van der Waals surface area contributed by atoms with Crippen molar-refractivity contribution in [3.8, 4) is 0 Å². The van der Waals surface area contributed by atoms with E-state index in [2.05, 4.69) is 4.98 Å². The van der Waals surface area contributed by atoms with Crippen LogP contribution in [0.5, 0.6) is 0 Å². The van der Waals surface area contributed by atoms with Crippen molar-refractivity contribution in [1.82, 2.24) is 9.88 Å². The molecule has 0 aliphatic carbocycles. The Kier molecular flexibility index (Phi) is 4.73. The first kappa shape index (κ1) is 16.4. The molecule has 0 saturated carbocycles. The Morgan fingerprint density at radius 3 is 2.71 bits per heavy atom. The summed E-state index contributed by atoms with van der Waals surface area (Å²) in [5, 5.41) is 12.5. The standard InChI is InChI=1S/C17H16N2O4S/c1-23-9-8-19-14(12-3-2-10-24-12)13(16(21)17(19)22)15(20)11-4-6-18-7-5-11/h2-7,10,14,20H,8-9H2,1H3/b15-13-. The second-order valence-corrected chi connectivity index (χ2v) is 6.22. The normalized spacial score (nSPS) is 19.9. The van der Waals surface area contributed by atoms with Crippen molar-refractivity contribution in [2.24, 2.45) is 0 Å². The number of hydrogen-bond acceptors (Lipinski definition) is 6. The summed E-state index contributed by atoms with van der Waals surface area (Å²) < 4.78 is 5.04. The minimum absolute atomic E-state index is 0.102. The van der Waals surface area contributed by atoms with Gasteiger partial charge in [0.1, 0.15) is 5.76 Å². The largest absolute Gasteiger partial charge is 0.507 e. The second-order valence-electron chi connectivity index (χ2n) is 5.24. The molecule has 6 nitrogen and oxygen atoms in total. The average molecular weight is 344 g/mol. The molecular weight excluding hydrogens is 328 g/mol. The Balaban J connectivity index is 2.12. The van der Waals surface area contributed by atoms with Crippen LogP contribution in [-0.4, -0.2) is 46.9 Å². The fourth-order valence-electron chi connectivity index (χ4n) is 2.71. The fraction of sp³-hybridized carbons (Fsp3) is 0.235. The van der Waals surface area contributed by atoms with Gasteiger partial charge in [-0.05, 0) is 23.6 Å². The van der Waals surface area contributed by atoms with Gasteiger partial charge in [0.05, 0.1) is 18.2 Å². The lowest BCUT2D eigenvalue weighted by atomic mass is 10.0. The quantitative estimate of drug-likeness (QED) is 0.511. The predicted molar refractivity (Wildman–Crippen MR) is 89.4 cm³/mol. The Hall–Kier alpha value is -2.51. The highest BCUT2D eigenvalue weighted by molar-refractivity contribution is 7.10. The lowest BCUT2D eigenvalue weighted by Crippen LogP contribution is -2.32. The maximum Gasteiger partial charge on any atom is 0.295 e. The molecule has 3 rings (SSSR count). The van der Waals surface area contributed by atoms with Crippen molar-refractivity contribution < 1.29 is 19.4 Å². The molecule has 24 heavy (non-hydrogen) atoms. The Bertz CT molecular complexity index is 771. The number of thiophene rings is 1. The highest BCUT2D eigenvalue weighted by Crippen LogP contribution is 2.40. The number of carbonyl (C=O) groups excluding carboxylic acids is 2. The summed E-state index contributed by atoms with van der Waals surface area (Å²) in [7, 11) is 1.54. The molecule has 124 valence electrons. The van der Waals surface area contributed by atoms with E-state index in [0.29, 0.717) is 12.2 Å². The first-order valence-corrected chi connectivity index (χ1v) is 8.24. The Morgan fingerprint density at radius 1 is 1.33 bits per heavy atom. The molecule has 1 N–H and O–H groups in total. The highest BCUT2D eigenvalue weighted by Gasteiger charge is 2.46. The van der Waals surface area contributed by atoms with Crippen LogP contribution in [0.4, 0.5) is 0 Å². The first-order valence-electron chi connectivity index (χ1n) is 7.36. The third-order valence-corrected chi connectivity index (χ3v) is 4.77. The van der Waals surface area contributed by atoms with Gasteiger partial charge in [0, 0.05) is 36.5 Å². The van der Waals surface area contributed by atoms with Crippen molar-refractivity contribution in [3.05, 3.63) is 58.1 Å². The van der Waals surface area contributed by atoms with Gasteiger partial charge < -0.3 is 14.7 Å². The molecule has 2 aromatic rings. The minimum atomic E-state index is -0.682. The third kappa shape index (κ3) is 2.83. The Morgan fingerprint density at radius 2 is 2.08 bits per heavy atom. The van der Waals surface area contributed by atoms with E-state index < -0.39 is 17.7 Å². The van der Waals surface area contributed by atoms with Crippen molar-refractivity contribution in [2.75, 3.05) is 20.3 Å². The summed E-state index contributed by atoms with van der Waals surface area (Å²) in [5.41, 5.74) is 0.557. The Labute approximate surface area is 143 Å². The van der Waals surface area contributed by atoms with Gasteiger partial charge in [0.2, 0.25) is 0 Å². The summed E-state index contributed by atoms with van der Waals surface area (Å²) in [5.74, 6) is -1.49. The number of hydrogen-bond donors (Lipinski definition) is 1. The van der Waals surface area contributed by atoms with Crippen LogP contribution in [0.15, 0.2) is 47.6 Å². The van der Waals surface area contributed by atoms with Gasteiger partial charge in [0.25, 0.3) is 11.7 Å². The summed E-state index contributed by atoms with van der Waals surface area (Å²) >= 11 is 1.43. The lowest BCUT2D eigenvalue weighted by molar-refractivity contribution is -0.140. The van der Waals surface area contributed by atoms with Gasteiger partial charge >= 0.3 is 0 Å². The molecular formula is C17H16N2O4S. The number of aliphatic hydroxyl groups is 1. The molecule has 0 radical (unpaired) electrons. The summed E-state index contributed by atoms with van der Waals surface area (Å²) in [6, 6.07) is 6.30. The van der Waals surface area contributed by atoms with Crippen LogP contribution in [0.2, 0.25) is 0 Å². The molecule has 1 saturated heterocycles. The summed E-state index contributed by atoms with van der Waals surface area (Å²) in [6.07, 6.45) is 3.05. The minimum Gasteiger partial charge on any atom is -0.507 e. The van der Waals surface area contributed by atoms with E-state index in [9.17, 15) is 14.7 Å². The molecule has 1 aliphatic heterocycles. The van der Waals surface area contributed by atoms with Crippen LogP contribution in [0.25, 0.3) is 5.76 Å². The molecule has 0 spiro atoms. The van der Waals surface area contributed by atoms with Gasteiger partial charge in [-0.3, -0.25) is 14.6 Å². The number of likely N-dealkylation sites (tertiary alicyclic amines) is 1. The number of Topliss-reactive ketones (excluding diaryl/α,β-unsaturated/α-hetero) is 1. The van der Waals surface area contributed by atoms with Crippen LogP contribution < -0.4 is 0 Å². The molecule has 1 aliphatic rings. The zero-order valence-electron chi connectivity index (χ0n) is 13.0. The molecule has 1 amide bonds. The highest BCUT2D eigenvalue weighted by atomic mass is 32.1.